The summed E-state index contributed by atoms with van der Waals surface area (Å²) in [6.07, 6.45) is 8.28. The summed E-state index contributed by atoms with van der Waals surface area (Å²) >= 11 is 0. The van der Waals surface area contributed by atoms with E-state index in [1.54, 1.807) is 0 Å². The van der Waals surface area contributed by atoms with Crippen molar-refractivity contribution in [3.8, 4) is 0 Å². The fourth-order valence-electron chi connectivity index (χ4n) is 2.75. The maximum absolute atomic E-state index is 11.1. The molecule has 0 bridgehead atoms. The minimum Gasteiger partial charge on any atom is -0.480 e. The lowest BCUT2D eigenvalue weighted by atomic mass is 10.0. The van der Waals surface area contributed by atoms with Crippen molar-refractivity contribution in [1.29, 1.82) is 0 Å². The lowest BCUT2D eigenvalue weighted by molar-refractivity contribution is -0.140. The third-order valence-electron chi connectivity index (χ3n) is 4.03. The molecule has 16 heavy (non-hydrogen) atoms. The van der Waals surface area contributed by atoms with Gasteiger partial charge in [0.25, 0.3) is 0 Å². The summed E-state index contributed by atoms with van der Waals surface area (Å²) < 4.78 is 0. The van der Waals surface area contributed by atoms with Crippen LogP contribution < -0.4 is 5.32 Å². The van der Waals surface area contributed by atoms with Crippen molar-refractivity contribution >= 4 is 5.97 Å². The van der Waals surface area contributed by atoms with Gasteiger partial charge in [-0.3, -0.25) is 4.79 Å². The van der Waals surface area contributed by atoms with Crippen molar-refractivity contribution < 1.29 is 9.90 Å². The molecule has 92 valence electrons. The lowest BCUT2D eigenvalue weighted by Gasteiger charge is -2.21. The number of hydrogen-bond acceptors (Lipinski definition) is 2. The molecule has 3 atom stereocenters. The van der Waals surface area contributed by atoms with Crippen molar-refractivity contribution in [2.24, 2.45) is 11.8 Å². The molecule has 0 heterocycles. The van der Waals surface area contributed by atoms with Crippen molar-refractivity contribution in [2.45, 2.75) is 64.0 Å². The monoisotopic (exact) mass is 225 g/mol. The third-order valence-corrected chi connectivity index (χ3v) is 4.03. The first-order valence-electron chi connectivity index (χ1n) is 6.65. The van der Waals surface area contributed by atoms with E-state index >= 15 is 0 Å². The summed E-state index contributed by atoms with van der Waals surface area (Å²) in [7, 11) is 0. The van der Waals surface area contributed by atoms with Gasteiger partial charge in [-0.2, -0.15) is 0 Å². The van der Waals surface area contributed by atoms with Crippen LogP contribution in [0.15, 0.2) is 0 Å². The van der Waals surface area contributed by atoms with E-state index in [1.165, 1.54) is 19.3 Å². The smallest absolute Gasteiger partial charge is 0.320 e. The Hall–Kier alpha value is -0.570. The van der Waals surface area contributed by atoms with E-state index < -0.39 is 5.97 Å². The minimum atomic E-state index is -0.653. The number of carboxylic acids is 1. The molecule has 0 amide bonds. The summed E-state index contributed by atoms with van der Waals surface area (Å²) in [6, 6.07) is 0.157. The number of rotatable bonds is 4. The van der Waals surface area contributed by atoms with Crippen LogP contribution in [-0.2, 0) is 4.79 Å². The first kappa shape index (κ1) is 11.9. The van der Waals surface area contributed by atoms with Crippen LogP contribution in [0.4, 0.5) is 0 Å². The highest BCUT2D eigenvalue weighted by Crippen LogP contribution is 2.34. The summed E-state index contributed by atoms with van der Waals surface area (Å²) in [6.45, 7) is 2.30. The SMILES string of the molecule is CC1CCCC(NC(C(=O)O)C2CC2)CC1. The zero-order valence-corrected chi connectivity index (χ0v) is 10.1. The van der Waals surface area contributed by atoms with Gasteiger partial charge in [0, 0.05) is 6.04 Å². The Balaban J connectivity index is 1.84. The molecule has 2 saturated carbocycles. The molecule has 2 aliphatic carbocycles. The molecule has 0 aromatic rings. The predicted molar refractivity (Wildman–Crippen MR) is 63.3 cm³/mol. The van der Waals surface area contributed by atoms with Gasteiger partial charge in [-0.1, -0.05) is 19.8 Å². The Kier molecular flexibility index (Phi) is 3.85. The molecule has 0 saturated heterocycles. The van der Waals surface area contributed by atoms with Crippen LogP contribution in [0.3, 0.4) is 0 Å². The Morgan fingerprint density at radius 2 is 1.94 bits per heavy atom. The standard InChI is InChI=1S/C13H23NO2/c1-9-3-2-4-11(8-5-9)14-12(13(15)16)10-6-7-10/h9-12,14H,2-8H2,1H3,(H,15,16). The van der Waals surface area contributed by atoms with Crippen LogP contribution in [0.2, 0.25) is 0 Å². The Morgan fingerprint density at radius 1 is 1.19 bits per heavy atom. The van der Waals surface area contributed by atoms with Crippen molar-refractivity contribution in [3.63, 3.8) is 0 Å². The van der Waals surface area contributed by atoms with E-state index in [9.17, 15) is 9.90 Å². The van der Waals surface area contributed by atoms with E-state index in [-0.39, 0.29) is 6.04 Å². The van der Waals surface area contributed by atoms with Crippen molar-refractivity contribution in [2.75, 3.05) is 0 Å². The molecule has 2 fully saturated rings. The normalized spacial score (nSPS) is 33.1. The average Bonchev–Trinajstić information content (AvgIpc) is 3.02. The van der Waals surface area contributed by atoms with Gasteiger partial charge in [0.2, 0.25) is 0 Å². The van der Waals surface area contributed by atoms with Gasteiger partial charge < -0.3 is 10.4 Å². The highest BCUT2D eigenvalue weighted by Gasteiger charge is 2.37. The van der Waals surface area contributed by atoms with Crippen LogP contribution in [0.25, 0.3) is 0 Å². The lowest BCUT2D eigenvalue weighted by Crippen LogP contribution is -2.44. The second-order valence-corrected chi connectivity index (χ2v) is 5.63. The quantitative estimate of drug-likeness (QED) is 0.722. The van der Waals surface area contributed by atoms with E-state index in [1.807, 2.05) is 0 Å². The van der Waals surface area contributed by atoms with E-state index in [2.05, 4.69) is 12.2 Å². The van der Waals surface area contributed by atoms with Crippen molar-refractivity contribution in [3.05, 3.63) is 0 Å². The summed E-state index contributed by atoms with van der Waals surface area (Å²) in [5.74, 6) is 0.564. The fraction of sp³-hybridized carbons (Fsp3) is 0.923. The van der Waals surface area contributed by atoms with E-state index in [4.69, 9.17) is 0 Å². The largest absolute Gasteiger partial charge is 0.480 e. The van der Waals surface area contributed by atoms with Gasteiger partial charge >= 0.3 is 5.97 Å². The number of carbonyl (C=O) groups is 1. The highest BCUT2D eigenvalue weighted by molar-refractivity contribution is 5.74. The summed E-state index contributed by atoms with van der Waals surface area (Å²) in [5.41, 5.74) is 0. The van der Waals surface area contributed by atoms with Gasteiger partial charge in [0.05, 0.1) is 0 Å². The number of nitrogens with one attached hydrogen (secondary N) is 1. The van der Waals surface area contributed by atoms with E-state index in [0.717, 1.165) is 31.6 Å². The molecule has 0 aromatic heterocycles. The maximum atomic E-state index is 11.1. The Labute approximate surface area is 97.6 Å². The minimum absolute atomic E-state index is 0.279. The number of carboxylic acid groups (broad SMARTS) is 1. The molecular formula is C13H23NO2. The second-order valence-electron chi connectivity index (χ2n) is 5.63. The molecule has 3 unspecified atom stereocenters. The molecule has 0 radical (unpaired) electrons. The highest BCUT2D eigenvalue weighted by atomic mass is 16.4. The predicted octanol–water partition coefficient (Wildman–Crippen LogP) is 2.41. The zero-order chi connectivity index (χ0) is 11.5. The molecule has 2 aliphatic rings. The summed E-state index contributed by atoms with van der Waals surface area (Å²) in [5, 5.41) is 12.6. The van der Waals surface area contributed by atoms with Gasteiger partial charge in [0.1, 0.15) is 6.04 Å². The summed E-state index contributed by atoms with van der Waals surface area (Å²) in [4.78, 5) is 11.1. The number of hydrogen-bond donors (Lipinski definition) is 2. The third kappa shape index (κ3) is 3.21. The second kappa shape index (κ2) is 5.17. The molecule has 2 rings (SSSR count). The average molecular weight is 225 g/mol. The molecule has 3 heteroatoms. The van der Waals surface area contributed by atoms with Crippen LogP contribution in [0, 0.1) is 11.8 Å². The first-order valence-corrected chi connectivity index (χ1v) is 6.65. The maximum Gasteiger partial charge on any atom is 0.320 e. The number of aliphatic carboxylic acids is 1. The molecule has 3 nitrogen and oxygen atoms in total. The Bertz CT molecular complexity index is 250. The van der Waals surface area contributed by atoms with Crippen LogP contribution in [-0.4, -0.2) is 23.2 Å². The van der Waals surface area contributed by atoms with Gasteiger partial charge in [-0.15, -0.1) is 0 Å². The molecule has 0 aromatic carbocycles. The van der Waals surface area contributed by atoms with Crippen LogP contribution >= 0.6 is 0 Å². The van der Waals surface area contributed by atoms with Crippen LogP contribution in [0.1, 0.15) is 51.9 Å². The zero-order valence-electron chi connectivity index (χ0n) is 10.1. The Morgan fingerprint density at radius 3 is 2.56 bits per heavy atom. The van der Waals surface area contributed by atoms with Gasteiger partial charge in [-0.25, -0.2) is 0 Å². The molecule has 0 aliphatic heterocycles. The molecular weight excluding hydrogens is 202 g/mol. The molecule has 0 spiro atoms. The van der Waals surface area contributed by atoms with Gasteiger partial charge in [0.15, 0.2) is 0 Å². The molecule has 2 N–H and O–H groups in total. The fourth-order valence-corrected chi connectivity index (χ4v) is 2.75. The first-order chi connectivity index (χ1) is 7.66. The van der Waals surface area contributed by atoms with Crippen molar-refractivity contribution in [1.82, 2.24) is 5.32 Å². The van der Waals surface area contributed by atoms with Gasteiger partial charge in [-0.05, 0) is 43.9 Å². The van der Waals surface area contributed by atoms with Crippen LogP contribution in [0.5, 0.6) is 0 Å². The van der Waals surface area contributed by atoms with E-state index in [0.29, 0.717) is 12.0 Å². The topological polar surface area (TPSA) is 49.3 Å².